The van der Waals surface area contributed by atoms with Crippen LogP contribution >= 0.6 is 23.1 Å². The van der Waals surface area contributed by atoms with Gasteiger partial charge in [0.15, 0.2) is 0 Å². The van der Waals surface area contributed by atoms with Crippen molar-refractivity contribution in [2.45, 2.75) is 38.3 Å². The fraction of sp³-hybridized carbons (Fsp3) is 0.643. The summed E-state index contributed by atoms with van der Waals surface area (Å²) in [6, 6.07) is -0.441. The van der Waals surface area contributed by atoms with Crippen LogP contribution in [-0.4, -0.2) is 34.8 Å². The van der Waals surface area contributed by atoms with Gasteiger partial charge < -0.3 is 10.6 Å². The van der Waals surface area contributed by atoms with Crippen LogP contribution in [0.3, 0.4) is 0 Å². The molecule has 2 N–H and O–H groups in total. The van der Waals surface area contributed by atoms with Gasteiger partial charge in [0.05, 0.1) is 17.7 Å². The fourth-order valence-corrected chi connectivity index (χ4v) is 3.12. The Labute approximate surface area is 133 Å². The van der Waals surface area contributed by atoms with Gasteiger partial charge >= 0.3 is 0 Å². The second-order valence-corrected chi connectivity index (χ2v) is 6.87. The second-order valence-electron chi connectivity index (χ2n) is 5.17. The standard InChI is InChI=1S/C14H21N3O2S2/c1-20-6-5-12(17-13(18)10-3-2-4-10)14(19)15-7-11-8-21-9-16-11/h8-10,12H,2-7H2,1H3,(H,15,19)(H,17,18)/t12-/m0/s1. The molecule has 1 aliphatic rings. The summed E-state index contributed by atoms with van der Waals surface area (Å²) in [6.45, 7) is 0.414. The van der Waals surface area contributed by atoms with E-state index in [0.29, 0.717) is 13.0 Å². The van der Waals surface area contributed by atoms with Crippen molar-refractivity contribution in [3.63, 3.8) is 0 Å². The predicted molar refractivity (Wildman–Crippen MR) is 86.2 cm³/mol. The van der Waals surface area contributed by atoms with Crippen molar-refractivity contribution in [3.05, 3.63) is 16.6 Å². The van der Waals surface area contributed by atoms with Crippen LogP contribution in [-0.2, 0) is 16.1 Å². The highest BCUT2D eigenvalue weighted by molar-refractivity contribution is 7.98. The molecule has 1 aromatic heterocycles. The maximum Gasteiger partial charge on any atom is 0.242 e. The third-order valence-electron chi connectivity index (χ3n) is 3.65. The number of rotatable bonds is 8. The number of thiazole rings is 1. The third kappa shape index (κ3) is 5.00. The number of thioether (sulfide) groups is 1. The van der Waals surface area contributed by atoms with Crippen LogP contribution in [0.1, 0.15) is 31.4 Å². The summed E-state index contributed by atoms with van der Waals surface area (Å²) in [6.07, 6.45) is 5.66. The molecule has 0 unspecified atom stereocenters. The first-order valence-electron chi connectivity index (χ1n) is 7.14. The molecule has 0 aliphatic heterocycles. The van der Waals surface area contributed by atoms with Crippen molar-refractivity contribution in [1.29, 1.82) is 0 Å². The normalized spacial score (nSPS) is 16.0. The fourth-order valence-electron chi connectivity index (χ4n) is 2.09. The summed E-state index contributed by atoms with van der Waals surface area (Å²) in [5, 5.41) is 7.66. The van der Waals surface area contributed by atoms with Crippen LogP contribution in [0.15, 0.2) is 10.9 Å². The highest BCUT2D eigenvalue weighted by atomic mass is 32.2. The summed E-state index contributed by atoms with van der Waals surface area (Å²) in [4.78, 5) is 28.4. The lowest BCUT2D eigenvalue weighted by atomic mass is 9.84. The first-order chi connectivity index (χ1) is 10.2. The molecule has 1 aromatic rings. The quantitative estimate of drug-likeness (QED) is 0.764. The number of nitrogens with one attached hydrogen (secondary N) is 2. The van der Waals surface area contributed by atoms with E-state index in [1.54, 1.807) is 17.3 Å². The molecule has 1 atom stereocenters. The van der Waals surface area contributed by atoms with Crippen LogP contribution in [0.5, 0.6) is 0 Å². The van der Waals surface area contributed by atoms with Gasteiger partial charge in [0.2, 0.25) is 11.8 Å². The Morgan fingerprint density at radius 2 is 2.33 bits per heavy atom. The Morgan fingerprint density at radius 1 is 1.52 bits per heavy atom. The van der Waals surface area contributed by atoms with Crippen molar-refractivity contribution in [2.75, 3.05) is 12.0 Å². The molecular formula is C14H21N3O2S2. The molecule has 0 spiro atoms. The van der Waals surface area contributed by atoms with E-state index in [4.69, 9.17) is 0 Å². The highest BCUT2D eigenvalue weighted by Crippen LogP contribution is 2.26. The average molecular weight is 327 g/mol. The average Bonchev–Trinajstić information content (AvgIpc) is 2.92. The summed E-state index contributed by atoms with van der Waals surface area (Å²) in [7, 11) is 0. The highest BCUT2D eigenvalue weighted by Gasteiger charge is 2.28. The molecule has 1 fully saturated rings. The van der Waals surface area contributed by atoms with Crippen molar-refractivity contribution in [3.8, 4) is 0 Å². The van der Waals surface area contributed by atoms with Gasteiger partial charge in [-0.25, -0.2) is 4.98 Å². The molecule has 7 heteroatoms. The molecule has 0 bridgehead atoms. The minimum absolute atomic E-state index is 0.0242. The van der Waals surface area contributed by atoms with Crippen molar-refractivity contribution < 1.29 is 9.59 Å². The first kappa shape index (κ1) is 16.3. The van der Waals surface area contributed by atoms with E-state index in [0.717, 1.165) is 30.7 Å². The summed E-state index contributed by atoms with van der Waals surface area (Å²) < 4.78 is 0. The van der Waals surface area contributed by atoms with Gasteiger partial charge in [-0.05, 0) is 31.3 Å². The molecule has 5 nitrogen and oxygen atoms in total. The van der Waals surface area contributed by atoms with E-state index in [1.807, 2.05) is 11.6 Å². The lowest BCUT2D eigenvalue weighted by Crippen LogP contribution is -2.49. The maximum absolute atomic E-state index is 12.2. The Hall–Kier alpha value is -1.08. The molecule has 0 saturated heterocycles. The third-order valence-corrected chi connectivity index (χ3v) is 4.93. The van der Waals surface area contributed by atoms with Crippen LogP contribution in [0, 0.1) is 5.92 Å². The van der Waals surface area contributed by atoms with Crippen LogP contribution < -0.4 is 10.6 Å². The van der Waals surface area contributed by atoms with Gasteiger partial charge in [0, 0.05) is 11.3 Å². The maximum atomic E-state index is 12.2. The van der Waals surface area contributed by atoms with Crippen molar-refractivity contribution in [1.82, 2.24) is 15.6 Å². The monoisotopic (exact) mass is 327 g/mol. The molecule has 1 aliphatic carbocycles. The molecule has 1 saturated carbocycles. The predicted octanol–water partition coefficient (Wildman–Crippen LogP) is 1.80. The van der Waals surface area contributed by atoms with Crippen LogP contribution in [0.2, 0.25) is 0 Å². The Bertz CT molecular complexity index is 461. The lowest BCUT2D eigenvalue weighted by molar-refractivity contribution is -0.132. The van der Waals surface area contributed by atoms with Crippen LogP contribution in [0.25, 0.3) is 0 Å². The van der Waals surface area contributed by atoms with E-state index in [9.17, 15) is 9.59 Å². The molecule has 2 rings (SSSR count). The molecule has 116 valence electrons. The molecular weight excluding hydrogens is 306 g/mol. The summed E-state index contributed by atoms with van der Waals surface area (Å²) in [5.41, 5.74) is 2.59. The van der Waals surface area contributed by atoms with E-state index >= 15 is 0 Å². The zero-order valence-electron chi connectivity index (χ0n) is 12.1. The van der Waals surface area contributed by atoms with Gasteiger partial charge in [0.1, 0.15) is 6.04 Å². The number of aromatic nitrogens is 1. The van der Waals surface area contributed by atoms with E-state index in [1.165, 1.54) is 11.3 Å². The summed E-state index contributed by atoms with van der Waals surface area (Å²) >= 11 is 3.18. The second kappa shape index (κ2) is 8.38. The van der Waals surface area contributed by atoms with E-state index in [2.05, 4.69) is 15.6 Å². The number of amides is 2. The topological polar surface area (TPSA) is 71.1 Å². The lowest BCUT2D eigenvalue weighted by Gasteiger charge is -2.27. The zero-order chi connectivity index (χ0) is 15.1. The van der Waals surface area contributed by atoms with Gasteiger partial charge in [-0.15, -0.1) is 11.3 Å². The van der Waals surface area contributed by atoms with Gasteiger partial charge in [-0.2, -0.15) is 11.8 Å². The van der Waals surface area contributed by atoms with Crippen LogP contribution in [0.4, 0.5) is 0 Å². The summed E-state index contributed by atoms with van der Waals surface area (Å²) in [5.74, 6) is 0.855. The minimum Gasteiger partial charge on any atom is -0.349 e. The van der Waals surface area contributed by atoms with Gasteiger partial charge in [-0.3, -0.25) is 9.59 Å². The Balaban J connectivity index is 1.84. The number of hydrogen-bond acceptors (Lipinski definition) is 5. The molecule has 0 aromatic carbocycles. The van der Waals surface area contributed by atoms with Crippen molar-refractivity contribution >= 4 is 34.9 Å². The Morgan fingerprint density at radius 3 is 2.90 bits per heavy atom. The SMILES string of the molecule is CSCC[C@H](NC(=O)C1CCC1)C(=O)NCc1cscn1. The first-order valence-corrected chi connectivity index (χ1v) is 9.48. The number of hydrogen-bond donors (Lipinski definition) is 2. The number of nitrogens with zero attached hydrogens (tertiary/aromatic N) is 1. The largest absolute Gasteiger partial charge is 0.349 e. The minimum atomic E-state index is -0.441. The Kier molecular flexibility index (Phi) is 6.50. The van der Waals surface area contributed by atoms with Gasteiger partial charge in [0.25, 0.3) is 0 Å². The molecule has 21 heavy (non-hydrogen) atoms. The molecule has 1 heterocycles. The number of carbonyl (C=O) groups is 2. The molecule has 2 amide bonds. The molecule has 0 radical (unpaired) electrons. The van der Waals surface area contributed by atoms with Gasteiger partial charge in [-0.1, -0.05) is 6.42 Å². The number of carbonyl (C=O) groups excluding carboxylic acids is 2. The van der Waals surface area contributed by atoms with Crippen molar-refractivity contribution in [2.24, 2.45) is 5.92 Å². The zero-order valence-corrected chi connectivity index (χ0v) is 13.8. The van der Waals surface area contributed by atoms with E-state index < -0.39 is 6.04 Å². The van der Waals surface area contributed by atoms with E-state index in [-0.39, 0.29) is 17.7 Å². The smallest absolute Gasteiger partial charge is 0.242 e.